The fourth-order valence-electron chi connectivity index (χ4n) is 2.19. The van der Waals surface area contributed by atoms with Crippen LogP contribution in [0.1, 0.15) is 11.1 Å². The van der Waals surface area contributed by atoms with Crippen LogP contribution in [0.25, 0.3) is 0 Å². The van der Waals surface area contributed by atoms with Crippen LogP contribution in [0, 0.1) is 0 Å². The zero-order chi connectivity index (χ0) is 17.4. The molecule has 2 aromatic carbocycles. The van der Waals surface area contributed by atoms with E-state index < -0.39 is 0 Å². The van der Waals surface area contributed by atoms with Gasteiger partial charge >= 0.3 is 0 Å². The fourth-order valence-corrected chi connectivity index (χ4v) is 3.31. The third-order valence-electron chi connectivity index (χ3n) is 3.39. The second-order valence-electron chi connectivity index (χ2n) is 5.15. The van der Waals surface area contributed by atoms with Gasteiger partial charge in [-0.05, 0) is 35.7 Å². The molecule has 0 unspecified atom stereocenters. The number of thioether (sulfide) groups is 1. The molecule has 6 heteroatoms. The van der Waals surface area contributed by atoms with Crippen molar-refractivity contribution >= 4 is 40.9 Å². The Hall–Kier alpha value is -1.36. The molecule has 0 heterocycles. The molecule has 0 saturated heterocycles. The number of benzene rings is 2. The highest BCUT2D eigenvalue weighted by molar-refractivity contribution is 7.99. The van der Waals surface area contributed by atoms with Gasteiger partial charge in [-0.3, -0.25) is 4.79 Å². The van der Waals surface area contributed by atoms with Gasteiger partial charge in [-0.1, -0.05) is 47.5 Å². The summed E-state index contributed by atoms with van der Waals surface area (Å²) in [5.41, 5.74) is 2.14. The first-order chi connectivity index (χ1) is 11.6. The normalized spacial score (nSPS) is 10.5. The van der Waals surface area contributed by atoms with Crippen molar-refractivity contribution in [2.24, 2.45) is 0 Å². The van der Waals surface area contributed by atoms with Crippen LogP contribution in [0.3, 0.4) is 0 Å². The lowest BCUT2D eigenvalue weighted by molar-refractivity contribution is -0.118. The molecule has 2 rings (SSSR count). The third kappa shape index (κ3) is 5.93. The summed E-state index contributed by atoms with van der Waals surface area (Å²) in [6.45, 7) is 0.590. The number of para-hydroxylation sites is 1. The van der Waals surface area contributed by atoms with Crippen molar-refractivity contribution in [3.8, 4) is 5.75 Å². The zero-order valence-electron chi connectivity index (χ0n) is 13.4. The van der Waals surface area contributed by atoms with Crippen molar-refractivity contribution in [2.75, 3.05) is 19.4 Å². The molecule has 0 bridgehead atoms. The van der Waals surface area contributed by atoms with E-state index in [1.54, 1.807) is 24.9 Å². The highest BCUT2D eigenvalue weighted by Crippen LogP contribution is 2.24. The number of nitrogens with one attached hydrogen (secondary N) is 1. The molecule has 0 fully saturated rings. The van der Waals surface area contributed by atoms with Crippen molar-refractivity contribution in [3.05, 3.63) is 63.6 Å². The largest absolute Gasteiger partial charge is 0.496 e. The van der Waals surface area contributed by atoms with Gasteiger partial charge in [-0.2, -0.15) is 0 Å². The number of methoxy groups -OCH3 is 1. The molecule has 0 aliphatic heterocycles. The molecule has 0 spiro atoms. The molecule has 1 amide bonds. The van der Waals surface area contributed by atoms with Gasteiger partial charge in [0.25, 0.3) is 0 Å². The topological polar surface area (TPSA) is 38.3 Å². The monoisotopic (exact) mass is 383 g/mol. The minimum Gasteiger partial charge on any atom is -0.496 e. The molecule has 2 aromatic rings. The van der Waals surface area contributed by atoms with E-state index in [2.05, 4.69) is 5.32 Å². The van der Waals surface area contributed by atoms with E-state index >= 15 is 0 Å². The van der Waals surface area contributed by atoms with E-state index in [-0.39, 0.29) is 5.91 Å². The number of hydrogen-bond donors (Lipinski definition) is 1. The number of rotatable bonds is 8. The highest BCUT2D eigenvalue weighted by atomic mass is 35.5. The number of carbonyl (C=O) groups excluding carboxylic acids is 1. The molecule has 128 valence electrons. The van der Waals surface area contributed by atoms with Crippen molar-refractivity contribution in [2.45, 2.75) is 12.2 Å². The lowest BCUT2D eigenvalue weighted by Crippen LogP contribution is -2.27. The van der Waals surface area contributed by atoms with Gasteiger partial charge in [-0.15, -0.1) is 11.8 Å². The molecule has 3 nitrogen and oxygen atoms in total. The van der Waals surface area contributed by atoms with Gasteiger partial charge in [0.2, 0.25) is 5.91 Å². The molecular formula is C18H19Cl2NO2S. The smallest absolute Gasteiger partial charge is 0.230 e. The molecule has 24 heavy (non-hydrogen) atoms. The van der Waals surface area contributed by atoms with E-state index in [4.69, 9.17) is 27.9 Å². The van der Waals surface area contributed by atoms with Crippen LogP contribution < -0.4 is 10.1 Å². The molecule has 0 atom stereocenters. The summed E-state index contributed by atoms with van der Waals surface area (Å²) in [6.07, 6.45) is 0.743. The minimum atomic E-state index is 0.0231. The average Bonchev–Trinajstić information content (AvgIpc) is 2.58. The lowest BCUT2D eigenvalue weighted by atomic mass is 10.1. The van der Waals surface area contributed by atoms with Crippen LogP contribution >= 0.6 is 35.0 Å². The van der Waals surface area contributed by atoms with Crippen LogP contribution in [0.2, 0.25) is 10.0 Å². The summed E-state index contributed by atoms with van der Waals surface area (Å²) in [7, 11) is 1.65. The Morgan fingerprint density at radius 1 is 1.17 bits per heavy atom. The molecule has 0 radical (unpaired) electrons. The van der Waals surface area contributed by atoms with Gasteiger partial charge in [0.05, 0.1) is 22.9 Å². The SMILES string of the molecule is COc1ccccc1CCNC(=O)CSCc1ccc(Cl)c(Cl)c1. The van der Waals surface area contributed by atoms with Crippen LogP contribution in [-0.2, 0) is 17.0 Å². The van der Waals surface area contributed by atoms with Crippen molar-refractivity contribution in [1.29, 1.82) is 0 Å². The maximum Gasteiger partial charge on any atom is 0.230 e. The van der Waals surface area contributed by atoms with Crippen molar-refractivity contribution in [3.63, 3.8) is 0 Å². The molecule has 0 saturated carbocycles. The number of amides is 1. The van der Waals surface area contributed by atoms with Gasteiger partial charge in [-0.25, -0.2) is 0 Å². The number of hydrogen-bond acceptors (Lipinski definition) is 3. The van der Waals surface area contributed by atoms with E-state index in [0.717, 1.165) is 29.1 Å². The maximum absolute atomic E-state index is 11.9. The predicted molar refractivity (Wildman–Crippen MR) is 102 cm³/mol. The Morgan fingerprint density at radius 3 is 2.71 bits per heavy atom. The van der Waals surface area contributed by atoms with Crippen LogP contribution in [0.15, 0.2) is 42.5 Å². The van der Waals surface area contributed by atoms with E-state index in [0.29, 0.717) is 22.3 Å². The average molecular weight is 384 g/mol. The third-order valence-corrected chi connectivity index (χ3v) is 5.14. The van der Waals surface area contributed by atoms with Gasteiger partial charge in [0.15, 0.2) is 0 Å². The fraction of sp³-hybridized carbons (Fsp3) is 0.278. The lowest BCUT2D eigenvalue weighted by Gasteiger charge is -2.09. The first kappa shape index (κ1) is 19.0. The first-order valence-electron chi connectivity index (χ1n) is 7.50. The molecule has 1 N–H and O–H groups in total. The summed E-state index contributed by atoms with van der Waals surface area (Å²) >= 11 is 13.4. The van der Waals surface area contributed by atoms with Gasteiger partial charge < -0.3 is 10.1 Å². The Bertz CT molecular complexity index is 694. The minimum absolute atomic E-state index is 0.0231. The van der Waals surface area contributed by atoms with Crippen LogP contribution in [0.5, 0.6) is 5.75 Å². The predicted octanol–water partition coefficient (Wildman–Crippen LogP) is 4.59. The maximum atomic E-state index is 11.9. The highest BCUT2D eigenvalue weighted by Gasteiger charge is 2.05. The van der Waals surface area contributed by atoms with Crippen molar-refractivity contribution < 1.29 is 9.53 Å². The van der Waals surface area contributed by atoms with Crippen LogP contribution in [0.4, 0.5) is 0 Å². The Morgan fingerprint density at radius 2 is 1.96 bits per heavy atom. The Kier molecular flexibility index (Phi) is 7.76. The number of halogens is 2. The summed E-state index contributed by atoms with van der Waals surface area (Å²) in [5.74, 6) is 2.00. The summed E-state index contributed by atoms with van der Waals surface area (Å²) in [6, 6.07) is 13.3. The first-order valence-corrected chi connectivity index (χ1v) is 9.41. The zero-order valence-corrected chi connectivity index (χ0v) is 15.7. The quantitative estimate of drug-likeness (QED) is 0.723. The second-order valence-corrected chi connectivity index (χ2v) is 6.95. The molecule has 0 aliphatic carbocycles. The summed E-state index contributed by atoms with van der Waals surface area (Å²) in [5, 5.41) is 4.01. The summed E-state index contributed by atoms with van der Waals surface area (Å²) < 4.78 is 5.30. The summed E-state index contributed by atoms with van der Waals surface area (Å²) in [4.78, 5) is 11.9. The van der Waals surface area contributed by atoms with E-state index in [1.165, 1.54) is 0 Å². The van der Waals surface area contributed by atoms with Gasteiger partial charge in [0.1, 0.15) is 5.75 Å². The number of ether oxygens (including phenoxy) is 1. The molecule has 0 aromatic heterocycles. The standard InChI is InChI=1S/C18H19Cl2NO2S/c1-23-17-5-3-2-4-14(17)8-9-21-18(22)12-24-11-13-6-7-15(19)16(20)10-13/h2-7,10H,8-9,11-12H2,1H3,(H,21,22). The second kappa shape index (κ2) is 9.82. The molecular weight excluding hydrogens is 365 g/mol. The van der Waals surface area contributed by atoms with E-state index in [1.807, 2.05) is 36.4 Å². The Labute approximate surface area is 156 Å². The molecule has 0 aliphatic rings. The number of carbonyl (C=O) groups is 1. The van der Waals surface area contributed by atoms with E-state index in [9.17, 15) is 4.79 Å². The Balaban J connectivity index is 1.69. The van der Waals surface area contributed by atoms with Crippen LogP contribution in [-0.4, -0.2) is 25.3 Å². The van der Waals surface area contributed by atoms with Crippen molar-refractivity contribution in [1.82, 2.24) is 5.32 Å². The van der Waals surface area contributed by atoms with Gasteiger partial charge in [0, 0.05) is 12.3 Å².